The van der Waals surface area contributed by atoms with Crippen LogP contribution < -0.4 is 10.3 Å². The molecule has 1 fully saturated rings. The lowest BCUT2D eigenvalue weighted by Gasteiger charge is -2.35. The molecule has 0 radical (unpaired) electrons. The van der Waals surface area contributed by atoms with E-state index in [9.17, 15) is 9.59 Å². The van der Waals surface area contributed by atoms with Crippen molar-refractivity contribution in [2.75, 3.05) is 33.3 Å². The van der Waals surface area contributed by atoms with Crippen molar-refractivity contribution in [3.8, 4) is 16.9 Å². The number of benzene rings is 1. The Balaban J connectivity index is 1.72. The zero-order valence-corrected chi connectivity index (χ0v) is 20.3. The molecule has 2 heterocycles. The second kappa shape index (κ2) is 9.36. The van der Waals surface area contributed by atoms with Crippen molar-refractivity contribution in [3.05, 3.63) is 51.4 Å². The Kier molecular flexibility index (Phi) is 6.98. The molecule has 2 aromatic rings. The summed E-state index contributed by atoms with van der Waals surface area (Å²) in [5.41, 5.74) is 4.45. The Hall–Kier alpha value is -2.80. The van der Waals surface area contributed by atoms with Crippen LogP contribution in [0.1, 0.15) is 37.5 Å². The van der Waals surface area contributed by atoms with Crippen LogP contribution >= 0.6 is 0 Å². The number of aromatic nitrogens is 1. The minimum atomic E-state index is -0.481. The quantitative estimate of drug-likeness (QED) is 0.723. The molecule has 1 saturated heterocycles. The number of ether oxygens (including phenoxy) is 2. The molecule has 0 saturated carbocycles. The second-order valence-corrected chi connectivity index (χ2v) is 9.48. The number of rotatable bonds is 4. The number of nitrogens with zero attached hydrogens (tertiary/aromatic N) is 3. The molecule has 0 N–H and O–H groups in total. The molecule has 1 aliphatic heterocycles. The fourth-order valence-corrected chi connectivity index (χ4v) is 3.97. The third-order valence-corrected chi connectivity index (χ3v) is 5.95. The molecule has 0 aliphatic carbocycles. The third-order valence-electron chi connectivity index (χ3n) is 5.95. The van der Waals surface area contributed by atoms with Crippen LogP contribution in [-0.2, 0) is 18.3 Å². The molecule has 1 aliphatic rings. The highest BCUT2D eigenvalue weighted by atomic mass is 16.6. The van der Waals surface area contributed by atoms with E-state index >= 15 is 0 Å². The summed E-state index contributed by atoms with van der Waals surface area (Å²) in [6.45, 7) is 13.1. The lowest BCUT2D eigenvalue weighted by atomic mass is 9.98. The highest BCUT2D eigenvalue weighted by Crippen LogP contribution is 2.30. The van der Waals surface area contributed by atoms with Crippen LogP contribution in [0.3, 0.4) is 0 Å². The van der Waals surface area contributed by atoms with Crippen molar-refractivity contribution < 1.29 is 14.3 Å². The van der Waals surface area contributed by atoms with Gasteiger partial charge in [-0.3, -0.25) is 9.69 Å². The highest BCUT2D eigenvalue weighted by molar-refractivity contribution is 5.70. The van der Waals surface area contributed by atoms with Crippen LogP contribution in [0.25, 0.3) is 11.1 Å². The van der Waals surface area contributed by atoms with Gasteiger partial charge in [0.05, 0.1) is 7.11 Å². The molecule has 0 bridgehead atoms. The first-order valence-corrected chi connectivity index (χ1v) is 11.0. The minimum Gasteiger partial charge on any atom is -0.496 e. The zero-order chi connectivity index (χ0) is 23.6. The van der Waals surface area contributed by atoms with Gasteiger partial charge in [0.1, 0.15) is 11.4 Å². The van der Waals surface area contributed by atoms with E-state index in [0.717, 1.165) is 53.2 Å². The van der Waals surface area contributed by atoms with Gasteiger partial charge >= 0.3 is 6.09 Å². The average Bonchev–Trinajstić information content (AvgIpc) is 2.74. The van der Waals surface area contributed by atoms with Gasteiger partial charge in [-0.05, 0) is 51.8 Å². The number of carbonyl (C=O) groups excluding carboxylic acids is 1. The summed E-state index contributed by atoms with van der Waals surface area (Å²) >= 11 is 0. The van der Waals surface area contributed by atoms with E-state index in [4.69, 9.17) is 9.47 Å². The van der Waals surface area contributed by atoms with E-state index < -0.39 is 5.60 Å². The van der Waals surface area contributed by atoms with Gasteiger partial charge in [0.15, 0.2) is 0 Å². The smallest absolute Gasteiger partial charge is 0.410 e. The van der Waals surface area contributed by atoms with E-state index in [-0.39, 0.29) is 11.7 Å². The lowest BCUT2D eigenvalue weighted by Crippen LogP contribution is -2.49. The number of methoxy groups -OCH3 is 1. The summed E-state index contributed by atoms with van der Waals surface area (Å²) in [5.74, 6) is 0.822. The van der Waals surface area contributed by atoms with Gasteiger partial charge in [-0.15, -0.1) is 0 Å². The summed E-state index contributed by atoms with van der Waals surface area (Å²) < 4.78 is 12.8. The van der Waals surface area contributed by atoms with Crippen LogP contribution in [0.5, 0.6) is 5.75 Å². The maximum absolute atomic E-state index is 12.3. The van der Waals surface area contributed by atoms with Crippen LogP contribution in [0, 0.1) is 13.8 Å². The Morgan fingerprint density at radius 2 is 1.72 bits per heavy atom. The van der Waals surface area contributed by atoms with Crippen molar-refractivity contribution in [3.63, 3.8) is 0 Å². The molecule has 1 amide bonds. The predicted molar refractivity (Wildman–Crippen MR) is 126 cm³/mol. The monoisotopic (exact) mass is 441 g/mol. The molecular weight excluding hydrogens is 406 g/mol. The molecule has 3 rings (SSSR count). The van der Waals surface area contributed by atoms with Gasteiger partial charge in [-0.25, -0.2) is 4.79 Å². The van der Waals surface area contributed by atoms with E-state index in [0.29, 0.717) is 13.1 Å². The van der Waals surface area contributed by atoms with E-state index in [1.165, 1.54) is 0 Å². The SMILES string of the molecule is COc1cc(-c2cn(C)c(=O)c(C)c2C)ccc1CN1CCN(C(=O)OC(C)(C)C)CC1. The fraction of sp³-hybridized carbons (Fsp3) is 0.520. The lowest BCUT2D eigenvalue weighted by molar-refractivity contribution is 0.0138. The molecule has 1 aromatic heterocycles. The molecule has 1 aromatic carbocycles. The summed E-state index contributed by atoms with van der Waals surface area (Å²) in [7, 11) is 3.46. The standard InChI is InChI=1S/C25H35N3O4/c1-17-18(2)23(29)26(6)16-21(17)19-8-9-20(22(14-19)31-7)15-27-10-12-28(13-11-27)24(30)32-25(3,4)5/h8-9,14,16H,10-13,15H2,1-7H3. The molecule has 7 heteroatoms. The van der Waals surface area contributed by atoms with Gasteiger partial charge in [-0.1, -0.05) is 12.1 Å². The molecule has 0 spiro atoms. The summed E-state index contributed by atoms with van der Waals surface area (Å²) in [5, 5.41) is 0. The fourth-order valence-electron chi connectivity index (χ4n) is 3.97. The largest absolute Gasteiger partial charge is 0.496 e. The molecule has 7 nitrogen and oxygen atoms in total. The van der Waals surface area contributed by atoms with Gasteiger partial charge in [0, 0.05) is 62.7 Å². The molecule has 0 unspecified atom stereocenters. The van der Waals surface area contributed by atoms with Crippen molar-refractivity contribution in [2.45, 2.75) is 46.8 Å². The zero-order valence-electron chi connectivity index (χ0n) is 20.3. The van der Waals surface area contributed by atoms with Crippen molar-refractivity contribution in [2.24, 2.45) is 7.05 Å². The van der Waals surface area contributed by atoms with Crippen LogP contribution in [0.4, 0.5) is 4.79 Å². The number of aryl methyl sites for hydroxylation is 1. The normalized spacial score (nSPS) is 15.0. The van der Waals surface area contributed by atoms with Gasteiger partial charge in [0.25, 0.3) is 5.56 Å². The number of hydrogen-bond donors (Lipinski definition) is 0. The van der Waals surface area contributed by atoms with Crippen LogP contribution in [-0.4, -0.2) is 59.4 Å². The number of hydrogen-bond acceptors (Lipinski definition) is 5. The maximum Gasteiger partial charge on any atom is 0.410 e. The average molecular weight is 442 g/mol. The first-order valence-electron chi connectivity index (χ1n) is 11.0. The summed E-state index contributed by atoms with van der Waals surface area (Å²) in [6, 6.07) is 6.22. The number of piperazine rings is 1. The molecule has 174 valence electrons. The van der Waals surface area contributed by atoms with Crippen LogP contribution in [0.2, 0.25) is 0 Å². The Morgan fingerprint density at radius 1 is 1.06 bits per heavy atom. The summed E-state index contributed by atoms with van der Waals surface area (Å²) in [4.78, 5) is 28.6. The molecular formula is C25H35N3O4. The van der Waals surface area contributed by atoms with Crippen molar-refractivity contribution >= 4 is 6.09 Å². The predicted octanol–water partition coefficient (Wildman–Crippen LogP) is 3.73. The first kappa shape index (κ1) is 23.9. The van der Waals surface area contributed by atoms with Crippen LogP contribution in [0.15, 0.2) is 29.2 Å². The topological polar surface area (TPSA) is 64.0 Å². The molecule has 0 atom stereocenters. The Bertz CT molecular complexity index is 1040. The van der Waals surface area contributed by atoms with Crippen molar-refractivity contribution in [1.29, 1.82) is 0 Å². The van der Waals surface area contributed by atoms with Crippen molar-refractivity contribution in [1.82, 2.24) is 14.4 Å². The molecule has 32 heavy (non-hydrogen) atoms. The van der Waals surface area contributed by atoms with E-state index in [2.05, 4.69) is 17.0 Å². The van der Waals surface area contributed by atoms with Gasteiger partial charge < -0.3 is 18.9 Å². The second-order valence-electron chi connectivity index (χ2n) is 9.48. The Labute approximate surface area is 190 Å². The third kappa shape index (κ3) is 5.33. The van der Waals surface area contributed by atoms with E-state index in [1.54, 1.807) is 23.6 Å². The van der Waals surface area contributed by atoms with E-state index in [1.807, 2.05) is 46.9 Å². The number of carbonyl (C=O) groups is 1. The Morgan fingerprint density at radius 3 is 2.31 bits per heavy atom. The van der Waals surface area contributed by atoms with Gasteiger partial charge in [-0.2, -0.15) is 0 Å². The number of pyridine rings is 1. The highest BCUT2D eigenvalue weighted by Gasteiger charge is 2.26. The summed E-state index contributed by atoms with van der Waals surface area (Å²) in [6.07, 6.45) is 1.64. The minimum absolute atomic E-state index is 0.0281. The maximum atomic E-state index is 12.3. The van der Waals surface area contributed by atoms with Gasteiger partial charge in [0.2, 0.25) is 0 Å². The number of amides is 1. The first-order chi connectivity index (χ1) is 15.0.